The van der Waals surface area contributed by atoms with Crippen LogP contribution in [0, 0.1) is 0 Å². The SMILES string of the molecule is [B]C(C(=O)O)C([B])C([B])N([B])C(C)(C)C. The van der Waals surface area contributed by atoms with Gasteiger partial charge >= 0.3 is 0 Å². The lowest BCUT2D eigenvalue weighted by Crippen LogP contribution is -2.49. The summed E-state index contributed by atoms with van der Waals surface area (Å²) >= 11 is 0. The molecule has 0 rings (SSSR count). The van der Waals surface area contributed by atoms with Gasteiger partial charge in [-0.1, -0.05) is 5.82 Å². The summed E-state index contributed by atoms with van der Waals surface area (Å²) in [6, 6.07) is 0. The molecule has 0 aromatic heterocycles. The molecule has 3 atom stereocenters. The lowest BCUT2D eigenvalue weighted by molar-refractivity contribution is -0.137. The van der Waals surface area contributed by atoms with E-state index in [-0.39, 0.29) is 0 Å². The van der Waals surface area contributed by atoms with Crippen molar-refractivity contribution >= 4 is 37.5 Å². The van der Waals surface area contributed by atoms with Crippen LogP contribution in [0.3, 0.4) is 0 Å². The fourth-order valence-electron chi connectivity index (χ4n) is 1.01. The van der Waals surface area contributed by atoms with Crippen molar-refractivity contribution in [3.05, 3.63) is 0 Å². The lowest BCUT2D eigenvalue weighted by Gasteiger charge is -2.42. The van der Waals surface area contributed by atoms with Gasteiger partial charge in [0.1, 0.15) is 0 Å². The van der Waals surface area contributed by atoms with Crippen LogP contribution in [0.4, 0.5) is 0 Å². The summed E-state index contributed by atoms with van der Waals surface area (Å²) in [6.07, 6.45) is 0. The minimum Gasteiger partial charge on any atom is -0.482 e. The van der Waals surface area contributed by atoms with Crippen LogP contribution in [-0.2, 0) is 4.79 Å². The second-order valence-corrected chi connectivity index (χ2v) is 4.51. The van der Waals surface area contributed by atoms with Gasteiger partial charge in [-0.25, -0.2) is 0 Å². The van der Waals surface area contributed by atoms with Gasteiger partial charge in [-0.05, 0) is 26.7 Å². The smallest absolute Gasteiger partial charge is 0.297 e. The van der Waals surface area contributed by atoms with Crippen LogP contribution < -0.4 is 0 Å². The number of carboxylic acids is 1. The highest BCUT2D eigenvalue weighted by Gasteiger charge is 2.29. The first-order valence-electron chi connectivity index (χ1n) is 4.62. The van der Waals surface area contributed by atoms with Crippen molar-refractivity contribution in [2.75, 3.05) is 0 Å². The van der Waals surface area contributed by atoms with E-state index < -0.39 is 29.1 Å². The van der Waals surface area contributed by atoms with Crippen LogP contribution in [0.15, 0.2) is 0 Å². The second-order valence-electron chi connectivity index (χ2n) is 4.51. The molecule has 0 saturated carbocycles. The number of carbonyl (C=O) groups is 1. The minimum absolute atomic E-state index is 0.407. The zero-order chi connectivity index (χ0) is 12.4. The molecule has 0 aliphatic carbocycles. The third-order valence-corrected chi connectivity index (χ3v) is 2.19. The van der Waals surface area contributed by atoms with Gasteiger partial charge in [0.25, 0.3) is 5.97 Å². The molecule has 0 fully saturated rings. The molecule has 3 unspecified atom stereocenters. The molecule has 0 spiro atoms. The maximum absolute atomic E-state index is 10.6. The summed E-state index contributed by atoms with van der Waals surface area (Å²) in [7, 11) is 22.4. The highest BCUT2D eigenvalue weighted by molar-refractivity contribution is 6.32. The zero-order valence-electron chi connectivity index (χ0n) is 9.34. The van der Waals surface area contributed by atoms with Crippen LogP contribution in [-0.4, -0.2) is 58.9 Å². The van der Waals surface area contributed by atoms with Gasteiger partial charge in [-0.2, -0.15) is 0 Å². The summed E-state index contributed by atoms with van der Waals surface area (Å²) in [4.78, 5) is 11.9. The number of rotatable bonds is 4. The van der Waals surface area contributed by atoms with E-state index in [0.717, 1.165) is 0 Å². The third kappa shape index (κ3) is 3.98. The Morgan fingerprint density at radius 3 is 1.93 bits per heavy atom. The molecule has 0 aromatic carbocycles. The summed E-state index contributed by atoms with van der Waals surface area (Å²) < 4.78 is 0. The van der Waals surface area contributed by atoms with Crippen molar-refractivity contribution in [1.29, 1.82) is 0 Å². The predicted octanol–water partition coefficient (Wildman–Crippen LogP) is -0.336. The minimum atomic E-state index is -1.23. The Kier molecular flexibility index (Phi) is 5.04. The molecule has 1 N–H and O–H groups in total. The van der Waals surface area contributed by atoms with Crippen LogP contribution in [0.2, 0.25) is 11.6 Å². The summed E-state index contributed by atoms with van der Waals surface area (Å²) in [6.45, 7) is 5.52. The average molecular weight is 198 g/mol. The largest absolute Gasteiger partial charge is 0.482 e. The Morgan fingerprint density at radius 1 is 1.27 bits per heavy atom. The van der Waals surface area contributed by atoms with Crippen LogP contribution in [0.1, 0.15) is 20.8 Å². The van der Waals surface area contributed by atoms with E-state index >= 15 is 0 Å². The van der Waals surface area contributed by atoms with E-state index in [4.69, 9.17) is 36.6 Å². The average Bonchev–Trinajstić information content (AvgIpc) is 2.11. The lowest BCUT2D eigenvalue weighted by atomic mass is 9.57. The molecule has 0 saturated heterocycles. The molecule has 0 aliphatic rings. The van der Waals surface area contributed by atoms with Crippen LogP contribution in [0.5, 0.6) is 0 Å². The first kappa shape index (κ1) is 14.7. The van der Waals surface area contributed by atoms with Crippen molar-refractivity contribution in [1.82, 2.24) is 4.81 Å². The van der Waals surface area contributed by atoms with Gasteiger partial charge in [0.05, 0.1) is 23.5 Å². The van der Waals surface area contributed by atoms with E-state index in [9.17, 15) is 4.79 Å². The highest BCUT2D eigenvalue weighted by Crippen LogP contribution is 2.26. The number of aliphatic carboxylic acids is 1. The van der Waals surface area contributed by atoms with Crippen LogP contribution in [0.25, 0.3) is 0 Å². The van der Waals surface area contributed by atoms with E-state index in [2.05, 4.69) is 0 Å². The van der Waals surface area contributed by atoms with Gasteiger partial charge in [-0.3, -0.25) is 4.79 Å². The first-order valence-corrected chi connectivity index (χ1v) is 4.62. The standard InChI is InChI=1S/C8H13B4NO2/c1-8(2,3)13(12)6(11)4(9)5(10)7(14)15/h4-6H,1-3H3,(H,14,15). The van der Waals surface area contributed by atoms with Crippen molar-refractivity contribution in [3.8, 4) is 0 Å². The molecule has 0 bridgehead atoms. The fourth-order valence-corrected chi connectivity index (χ4v) is 1.01. The van der Waals surface area contributed by atoms with Gasteiger partial charge in [0.15, 0.2) is 7.98 Å². The molecule has 3 nitrogen and oxygen atoms in total. The molecular weight excluding hydrogens is 185 g/mol. The maximum Gasteiger partial charge on any atom is 0.297 e. The summed E-state index contributed by atoms with van der Waals surface area (Å²) in [5, 5.41) is 8.67. The molecule has 0 heterocycles. The number of hydrogen-bond donors (Lipinski definition) is 1. The quantitative estimate of drug-likeness (QED) is 0.629. The monoisotopic (exact) mass is 199 g/mol. The molecule has 15 heavy (non-hydrogen) atoms. The highest BCUT2D eigenvalue weighted by atomic mass is 16.4. The van der Waals surface area contributed by atoms with Crippen molar-refractivity contribution in [3.63, 3.8) is 0 Å². The summed E-state index contributed by atoms with van der Waals surface area (Å²) in [5.41, 5.74) is -0.407. The molecule has 74 valence electrons. The summed E-state index contributed by atoms with van der Waals surface area (Å²) in [5.74, 6) is -4.16. The van der Waals surface area contributed by atoms with Gasteiger partial charge in [-0.15, -0.1) is 0 Å². The molecule has 0 aliphatic heterocycles. The van der Waals surface area contributed by atoms with Crippen molar-refractivity contribution in [2.45, 2.75) is 43.9 Å². The third-order valence-electron chi connectivity index (χ3n) is 2.19. The van der Waals surface area contributed by atoms with Gasteiger partial charge in [0.2, 0.25) is 0 Å². The maximum atomic E-state index is 10.6. The Hall–Kier alpha value is -0.310. The van der Waals surface area contributed by atoms with Crippen molar-refractivity contribution < 1.29 is 9.90 Å². The number of nitrogens with zero attached hydrogens (tertiary/aromatic N) is 1. The van der Waals surface area contributed by atoms with Gasteiger partial charge in [0, 0.05) is 11.4 Å². The van der Waals surface area contributed by atoms with E-state index in [1.165, 1.54) is 4.81 Å². The topological polar surface area (TPSA) is 40.5 Å². The molecule has 0 amide bonds. The molecular formula is C8H13B4NO2. The Balaban J connectivity index is 4.57. The first-order chi connectivity index (χ1) is 6.59. The van der Waals surface area contributed by atoms with Crippen molar-refractivity contribution in [2.24, 2.45) is 0 Å². The Morgan fingerprint density at radius 2 is 1.67 bits per heavy atom. The van der Waals surface area contributed by atoms with E-state index in [1.807, 2.05) is 20.8 Å². The second kappa shape index (κ2) is 5.15. The predicted molar refractivity (Wildman–Crippen MR) is 63.5 cm³/mol. The number of carboxylic acid groups (broad SMARTS) is 1. The van der Waals surface area contributed by atoms with Gasteiger partial charge < -0.3 is 9.92 Å². The fraction of sp³-hybridized carbons (Fsp3) is 0.875. The molecule has 8 radical (unpaired) electrons. The molecule has 0 aromatic rings. The zero-order valence-corrected chi connectivity index (χ0v) is 9.34. The normalized spacial score (nSPS) is 18.4. The van der Waals surface area contributed by atoms with E-state index in [1.54, 1.807) is 0 Å². The number of hydrogen-bond acceptors (Lipinski definition) is 2. The Labute approximate surface area is 96.6 Å². The van der Waals surface area contributed by atoms with Crippen LogP contribution >= 0.6 is 0 Å². The van der Waals surface area contributed by atoms with E-state index in [0.29, 0.717) is 0 Å². The Bertz CT molecular complexity index is 231. The molecule has 7 heteroatoms.